The first-order chi connectivity index (χ1) is 9.46. The molecule has 6 heteroatoms. The molecule has 0 fully saturated rings. The normalized spacial score (nSPS) is 19.8. The molecule has 0 saturated carbocycles. The Kier molecular flexibility index (Phi) is 4.25. The van der Waals surface area contributed by atoms with Crippen LogP contribution in [-0.4, -0.2) is 38.4 Å². The van der Waals surface area contributed by atoms with Crippen LogP contribution >= 0.6 is 0 Å². The van der Waals surface area contributed by atoms with Gasteiger partial charge in [0.1, 0.15) is 6.04 Å². The zero-order valence-corrected chi connectivity index (χ0v) is 12.3. The molecule has 0 radical (unpaired) electrons. The number of ether oxygens (including phenoxy) is 1. The van der Waals surface area contributed by atoms with E-state index < -0.39 is 22.0 Å². The molecule has 2 rings (SSSR count). The molecule has 1 aliphatic rings. The minimum atomic E-state index is -3.70. The number of sulfonamides is 1. The number of nitrogens with zero attached hydrogens (tertiary/aromatic N) is 1. The van der Waals surface area contributed by atoms with Crippen molar-refractivity contribution in [3.8, 4) is 0 Å². The zero-order valence-electron chi connectivity index (χ0n) is 11.4. The molecule has 1 heterocycles. The average molecular weight is 295 g/mol. The van der Waals surface area contributed by atoms with Crippen molar-refractivity contribution in [3.05, 3.63) is 42.0 Å². The van der Waals surface area contributed by atoms with E-state index in [4.69, 9.17) is 4.74 Å². The lowest BCUT2D eigenvalue weighted by atomic mass is 10.1. The smallest absolute Gasteiger partial charge is 0.324 e. The van der Waals surface area contributed by atoms with Crippen LogP contribution in [0.4, 0.5) is 0 Å². The van der Waals surface area contributed by atoms with Gasteiger partial charge in [-0.2, -0.15) is 4.31 Å². The molecule has 0 bridgehead atoms. The molecule has 108 valence electrons. The Hall–Kier alpha value is -1.66. The summed E-state index contributed by atoms with van der Waals surface area (Å²) in [4.78, 5) is 11.9. The summed E-state index contributed by atoms with van der Waals surface area (Å²) < 4.78 is 31.1. The molecule has 20 heavy (non-hydrogen) atoms. The molecule has 0 aromatic heterocycles. The van der Waals surface area contributed by atoms with Crippen molar-refractivity contribution in [2.45, 2.75) is 24.3 Å². The lowest BCUT2D eigenvalue weighted by Crippen LogP contribution is -2.46. The summed E-state index contributed by atoms with van der Waals surface area (Å²) in [5.41, 5.74) is 0.979. The standard InChI is InChI=1S/C14H17NO4S/c1-11-6-8-12(9-7-11)20(17,18)15-10-4-3-5-13(15)14(16)19-2/h3-4,6-9,13H,5,10H2,1-2H3. The SMILES string of the molecule is COC(=O)C1CC=CCN1S(=O)(=O)c1ccc(C)cc1. The van der Waals surface area contributed by atoms with Crippen LogP contribution in [0.15, 0.2) is 41.3 Å². The molecule has 0 aliphatic carbocycles. The molecule has 0 spiro atoms. The fourth-order valence-electron chi connectivity index (χ4n) is 2.11. The maximum Gasteiger partial charge on any atom is 0.324 e. The average Bonchev–Trinajstić information content (AvgIpc) is 2.47. The Morgan fingerprint density at radius 3 is 2.50 bits per heavy atom. The topological polar surface area (TPSA) is 63.7 Å². The molecule has 1 aliphatic heterocycles. The van der Waals surface area contributed by atoms with Crippen LogP contribution in [0.25, 0.3) is 0 Å². The van der Waals surface area contributed by atoms with Gasteiger partial charge < -0.3 is 4.74 Å². The maximum absolute atomic E-state index is 12.6. The van der Waals surface area contributed by atoms with Gasteiger partial charge in [-0.25, -0.2) is 8.42 Å². The summed E-state index contributed by atoms with van der Waals surface area (Å²) in [5, 5.41) is 0. The zero-order chi connectivity index (χ0) is 14.8. The van der Waals surface area contributed by atoms with Gasteiger partial charge in [-0.1, -0.05) is 29.8 Å². The molecule has 1 aromatic carbocycles. The van der Waals surface area contributed by atoms with Crippen LogP contribution in [0.3, 0.4) is 0 Å². The van der Waals surface area contributed by atoms with Crippen molar-refractivity contribution in [1.29, 1.82) is 0 Å². The summed E-state index contributed by atoms with van der Waals surface area (Å²) in [6, 6.07) is 5.78. The Balaban J connectivity index is 2.38. The van der Waals surface area contributed by atoms with Crippen LogP contribution in [0.2, 0.25) is 0 Å². The van der Waals surface area contributed by atoms with Crippen molar-refractivity contribution in [1.82, 2.24) is 4.31 Å². The Morgan fingerprint density at radius 2 is 1.90 bits per heavy atom. The number of rotatable bonds is 3. The largest absolute Gasteiger partial charge is 0.468 e. The summed E-state index contributed by atoms with van der Waals surface area (Å²) in [7, 11) is -2.44. The number of esters is 1. The van der Waals surface area contributed by atoms with Gasteiger partial charge in [0.25, 0.3) is 0 Å². The van der Waals surface area contributed by atoms with Gasteiger partial charge in [-0.15, -0.1) is 0 Å². The Morgan fingerprint density at radius 1 is 1.25 bits per heavy atom. The van der Waals surface area contributed by atoms with E-state index in [1.54, 1.807) is 36.4 Å². The van der Waals surface area contributed by atoms with Crippen LogP contribution in [0.1, 0.15) is 12.0 Å². The van der Waals surface area contributed by atoms with Crippen molar-refractivity contribution in [3.63, 3.8) is 0 Å². The predicted molar refractivity (Wildman–Crippen MR) is 74.6 cm³/mol. The van der Waals surface area contributed by atoms with E-state index in [0.717, 1.165) is 5.56 Å². The van der Waals surface area contributed by atoms with Crippen LogP contribution in [0.5, 0.6) is 0 Å². The third-order valence-corrected chi connectivity index (χ3v) is 5.15. The van der Waals surface area contributed by atoms with E-state index in [9.17, 15) is 13.2 Å². The van der Waals surface area contributed by atoms with Gasteiger partial charge in [0.2, 0.25) is 10.0 Å². The molecule has 1 unspecified atom stereocenters. The molecule has 0 saturated heterocycles. The minimum absolute atomic E-state index is 0.177. The number of aryl methyl sites for hydroxylation is 1. The fourth-order valence-corrected chi connectivity index (χ4v) is 3.65. The molecule has 0 amide bonds. The van der Waals surface area contributed by atoms with Gasteiger partial charge in [0, 0.05) is 6.54 Å². The molecular weight excluding hydrogens is 278 g/mol. The number of benzene rings is 1. The van der Waals surface area contributed by atoms with E-state index in [1.807, 2.05) is 6.92 Å². The third-order valence-electron chi connectivity index (χ3n) is 3.26. The lowest BCUT2D eigenvalue weighted by Gasteiger charge is -2.29. The van der Waals surface area contributed by atoms with Gasteiger partial charge in [-0.3, -0.25) is 4.79 Å². The maximum atomic E-state index is 12.6. The fraction of sp³-hybridized carbons (Fsp3) is 0.357. The molecule has 1 atom stereocenters. The van der Waals surface area contributed by atoms with E-state index >= 15 is 0 Å². The monoisotopic (exact) mass is 295 g/mol. The van der Waals surface area contributed by atoms with Crippen LogP contribution in [-0.2, 0) is 19.6 Å². The van der Waals surface area contributed by atoms with Gasteiger partial charge in [-0.05, 0) is 25.5 Å². The molecule has 0 N–H and O–H groups in total. The number of hydrogen-bond acceptors (Lipinski definition) is 4. The van der Waals surface area contributed by atoms with Crippen molar-refractivity contribution in [2.75, 3.05) is 13.7 Å². The summed E-state index contributed by atoms with van der Waals surface area (Å²) in [6.45, 7) is 2.06. The Bertz CT molecular complexity index is 619. The molecular formula is C14H17NO4S. The minimum Gasteiger partial charge on any atom is -0.468 e. The highest BCUT2D eigenvalue weighted by atomic mass is 32.2. The molecule has 5 nitrogen and oxygen atoms in total. The summed E-state index contributed by atoms with van der Waals surface area (Å²) >= 11 is 0. The second-order valence-electron chi connectivity index (χ2n) is 4.63. The number of methoxy groups -OCH3 is 1. The number of carbonyl (C=O) groups is 1. The first-order valence-corrected chi connectivity index (χ1v) is 7.72. The predicted octanol–water partition coefficient (Wildman–Crippen LogP) is 1.49. The summed E-state index contributed by atoms with van der Waals surface area (Å²) in [6.07, 6.45) is 3.87. The van der Waals surface area contributed by atoms with E-state index in [1.165, 1.54) is 11.4 Å². The van der Waals surface area contributed by atoms with E-state index in [2.05, 4.69) is 0 Å². The molecule has 1 aromatic rings. The highest BCUT2D eigenvalue weighted by Crippen LogP contribution is 2.23. The lowest BCUT2D eigenvalue weighted by molar-refractivity contribution is -0.145. The van der Waals surface area contributed by atoms with E-state index in [-0.39, 0.29) is 11.4 Å². The van der Waals surface area contributed by atoms with Crippen LogP contribution < -0.4 is 0 Å². The first kappa shape index (κ1) is 14.7. The number of carbonyl (C=O) groups excluding carboxylic acids is 1. The third kappa shape index (κ3) is 2.76. The second-order valence-corrected chi connectivity index (χ2v) is 6.52. The van der Waals surface area contributed by atoms with E-state index in [0.29, 0.717) is 6.42 Å². The van der Waals surface area contributed by atoms with Crippen molar-refractivity contribution >= 4 is 16.0 Å². The highest BCUT2D eigenvalue weighted by molar-refractivity contribution is 7.89. The quantitative estimate of drug-likeness (QED) is 0.626. The van der Waals surface area contributed by atoms with Gasteiger partial charge in [0.05, 0.1) is 12.0 Å². The Labute approximate surface area is 118 Å². The summed E-state index contributed by atoms with van der Waals surface area (Å²) in [5.74, 6) is -0.537. The first-order valence-electron chi connectivity index (χ1n) is 6.28. The van der Waals surface area contributed by atoms with Gasteiger partial charge in [0.15, 0.2) is 0 Å². The number of hydrogen-bond donors (Lipinski definition) is 0. The van der Waals surface area contributed by atoms with Crippen LogP contribution in [0, 0.1) is 6.92 Å². The van der Waals surface area contributed by atoms with Crippen molar-refractivity contribution in [2.24, 2.45) is 0 Å². The highest BCUT2D eigenvalue weighted by Gasteiger charge is 2.36. The van der Waals surface area contributed by atoms with Crippen molar-refractivity contribution < 1.29 is 17.9 Å². The second kappa shape index (κ2) is 5.76. The van der Waals surface area contributed by atoms with Gasteiger partial charge >= 0.3 is 5.97 Å².